The summed E-state index contributed by atoms with van der Waals surface area (Å²) in [6.07, 6.45) is -3.04. The van der Waals surface area contributed by atoms with Crippen LogP contribution in [0, 0.1) is 0 Å². The van der Waals surface area contributed by atoms with Crippen LogP contribution in [-0.2, 0) is 6.54 Å². The molecule has 0 aliphatic heterocycles. The van der Waals surface area contributed by atoms with Crippen LogP contribution < -0.4 is 24.8 Å². The molecule has 2 aromatic rings. The molecule has 1 aromatic carbocycles. The minimum Gasteiger partial charge on any atom is -0.493 e. The first-order chi connectivity index (χ1) is 13.8. The minimum atomic E-state index is -4.42. The Morgan fingerprint density at radius 2 is 1.86 bits per heavy atom. The summed E-state index contributed by atoms with van der Waals surface area (Å²) in [4.78, 5) is 8.23. The molecule has 29 heavy (non-hydrogen) atoms. The topological polar surface area (TPSA) is 77.0 Å². The van der Waals surface area contributed by atoms with Crippen LogP contribution in [0.25, 0.3) is 0 Å². The summed E-state index contributed by atoms with van der Waals surface area (Å²) in [6, 6.07) is 8.42. The van der Waals surface area contributed by atoms with E-state index >= 15 is 0 Å². The van der Waals surface area contributed by atoms with E-state index in [4.69, 9.17) is 9.47 Å². The Balaban J connectivity index is 2.09. The standard InChI is InChI=1S/C19H23F3N4O3/c1-4-23-18(26-14-5-6-15(27-2)16(10-14)28-3)25-11-13-7-8-24-17(9-13)29-12-19(20,21)22/h5-10H,4,11-12H2,1-3H3,(H2,23,25,26). The van der Waals surface area contributed by atoms with Crippen molar-refractivity contribution in [1.82, 2.24) is 10.3 Å². The number of aliphatic imine (C=N–C) groups is 1. The molecule has 0 fully saturated rings. The molecule has 0 unspecified atom stereocenters. The maximum atomic E-state index is 12.3. The largest absolute Gasteiger partial charge is 0.493 e. The van der Waals surface area contributed by atoms with Gasteiger partial charge in [0.15, 0.2) is 24.1 Å². The summed E-state index contributed by atoms with van der Waals surface area (Å²) < 4.78 is 52.0. The van der Waals surface area contributed by atoms with Crippen molar-refractivity contribution < 1.29 is 27.4 Å². The van der Waals surface area contributed by atoms with E-state index in [0.29, 0.717) is 29.6 Å². The van der Waals surface area contributed by atoms with Gasteiger partial charge in [0, 0.05) is 30.6 Å². The maximum Gasteiger partial charge on any atom is 0.422 e. The quantitative estimate of drug-likeness (QED) is 0.510. The predicted octanol–water partition coefficient (Wildman–Crippen LogP) is 3.62. The highest BCUT2D eigenvalue weighted by Gasteiger charge is 2.28. The van der Waals surface area contributed by atoms with Gasteiger partial charge in [-0.2, -0.15) is 13.2 Å². The molecule has 7 nitrogen and oxygen atoms in total. The number of guanidine groups is 1. The molecular weight excluding hydrogens is 389 g/mol. The van der Waals surface area contributed by atoms with Gasteiger partial charge in [0.2, 0.25) is 5.88 Å². The van der Waals surface area contributed by atoms with Crippen molar-refractivity contribution >= 4 is 11.6 Å². The molecule has 0 radical (unpaired) electrons. The van der Waals surface area contributed by atoms with E-state index in [9.17, 15) is 13.2 Å². The van der Waals surface area contributed by atoms with Gasteiger partial charge in [-0.15, -0.1) is 0 Å². The SMILES string of the molecule is CCNC(=NCc1ccnc(OCC(F)(F)F)c1)Nc1ccc(OC)c(OC)c1. The van der Waals surface area contributed by atoms with Gasteiger partial charge in [-0.25, -0.2) is 9.98 Å². The van der Waals surface area contributed by atoms with Crippen LogP contribution >= 0.6 is 0 Å². The Hall–Kier alpha value is -3.17. The molecule has 2 rings (SSSR count). The molecule has 0 aliphatic rings. The van der Waals surface area contributed by atoms with Gasteiger partial charge in [0.1, 0.15) is 0 Å². The van der Waals surface area contributed by atoms with Crippen molar-refractivity contribution in [3.8, 4) is 17.4 Å². The highest BCUT2D eigenvalue weighted by atomic mass is 19.4. The average Bonchev–Trinajstić information content (AvgIpc) is 2.70. The van der Waals surface area contributed by atoms with E-state index in [1.165, 1.54) is 12.3 Å². The number of hydrogen-bond acceptors (Lipinski definition) is 5. The monoisotopic (exact) mass is 412 g/mol. The Kier molecular flexibility index (Phi) is 7.93. The summed E-state index contributed by atoms with van der Waals surface area (Å²) >= 11 is 0. The Labute approximate surface area is 166 Å². The smallest absolute Gasteiger partial charge is 0.422 e. The second kappa shape index (κ2) is 10.4. The molecule has 0 spiro atoms. The third kappa shape index (κ3) is 7.40. The number of halogens is 3. The van der Waals surface area contributed by atoms with Gasteiger partial charge in [-0.3, -0.25) is 0 Å². The summed E-state index contributed by atoms with van der Waals surface area (Å²) in [7, 11) is 3.10. The van der Waals surface area contributed by atoms with Gasteiger partial charge in [-0.1, -0.05) is 0 Å². The highest BCUT2D eigenvalue weighted by molar-refractivity contribution is 5.93. The van der Waals surface area contributed by atoms with E-state index in [0.717, 1.165) is 5.69 Å². The number of methoxy groups -OCH3 is 2. The average molecular weight is 412 g/mol. The van der Waals surface area contributed by atoms with E-state index in [1.54, 1.807) is 32.4 Å². The number of nitrogens with one attached hydrogen (secondary N) is 2. The van der Waals surface area contributed by atoms with Crippen molar-refractivity contribution in [3.05, 3.63) is 42.1 Å². The van der Waals surface area contributed by atoms with Crippen molar-refractivity contribution in [2.24, 2.45) is 4.99 Å². The molecule has 0 saturated heterocycles. The number of nitrogens with zero attached hydrogens (tertiary/aromatic N) is 2. The lowest BCUT2D eigenvalue weighted by atomic mass is 10.2. The number of aromatic nitrogens is 1. The number of ether oxygens (including phenoxy) is 3. The number of benzene rings is 1. The second-order valence-electron chi connectivity index (χ2n) is 5.80. The van der Waals surface area contributed by atoms with E-state index in [-0.39, 0.29) is 12.4 Å². The van der Waals surface area contributed by atoms with Crippen molar-refractivity contribution in [2.75, 3.05) is 32.7 Å². The summed E-state index contributed by atoms with van der Waals surface area (Å²) in [5.41, 5.74) is 1.38. The number of anilines is 1. The first kappa shape index (κ1) is 22.1. The van der Waals surface area contributed by atoms with Crippen LogP contribution in [0.3, 0.4) is 0 Å². The molecule has 0 aliphatic carbocycles. The van der Waals surface area contributed by atoms with E-state index in [1.807, 2.05) is 13.0 Å². The summed E-state index contributed by atoms with van der Waals surface area (Å²) in [5, 5.41) is 6.24. The molecule has 158 valence electrons. The fraction of sp³-hybridized carbons (Fsp3) is 0.368. The molecule has 0 amide bonds. The third-order valence-electron chi connectivity index (χ3n) is 3.59. The Morgan fingerprint density at radius 3 is 2.52 bits per heavy atom. The third-order valence-corrected chi connectivity index (χ3v) is 3.59. The molecule has 0 saturated carbocycles. The van der Waals surface area contributed by atoms with Crippen LogP contribution in [0.5, 0.6) is 17.4 Å². The zero-order chi connectivity index (χ0) is 21.3. The Bertz CT molecular complexity index is 829. The molecule has 1 aromatic heterocycles. The first-order valence-corrected chi connectivity index (χ1v) is 8.76. The number of rotatable bonds is 8. The van der Waals surface area contributed by atoms with E-state index < -0.39 is 12.8 Å². The second-order valence-corrected chi connectivity index (χ2v) is 5.80. The maximum absolute atomic E-state index is 12.3. The number of pyridine rings is 1. The molecule has 2 N–H and O–H groups in total. The fourth-order valence-electron chi connectivity index (χ4n) is 2.31. The van der Waals surface area contributed by atoms with Gasteiger partial charge < -0.3 is 24.8 Å². The zero-order valence-corrected chi connectivity index (χ0v) is 16.3. The van der Waals surface area contributed by atoms with Crippen molar-refractivity contribution in [3.63, 3.8) is 0 Å². The zero-order valence-electron chi connectivity index (χ0n) is 16.3. The lowest BCUT2D eigenvalue weighted by molar-refractivity contribution is -0.154. The molecule has 10 heteroatoms. The van der Waals surface area contributed by atoms with E-state index in [2.05, 4.69) is 25.3 Å². The number of alkyl halides is 3. The van der Waals surface area contributed by atoms with Crippen LogP contribution in [0.15, 0.2) is 41.5 Å². The van der Waals surface area contributed by atoms with Crippen molar-refractivity contribution in [1.29, 1.82) is 0 Å². The fourth-order valence-corrected chi connectivity index (χ4v) is 2.31. The van der Waals surface area contributed by atoms with Crippen LogP contribution in [0.1, 0.15) is 12.5 Å². The minimum absolute atomic E-state index is 0.104. The lowest BCUT2D eigenvalue weighted by Gasteiger charge is -2.14. The van der Waals surface area contributed by atoms with Crippen LogP contribution in [-0.4, -0.2) is 44.5 Å². The number of hydrogen-bond donors (Lipinski definition) is 2. The van der Waals surface area contributed by atoms with Gasteiger partial charge in [-0.05, 0) is 30.7 Å². The molecule has 0 atom stereocenters. The predicted molar refractivity (Wildman–Crippen MR) is 104 cm³/mol. The van der Waals surface area contributed by atoms with Crippen LogP contribution in [0.2, 0.25) is 0 Å². The Morgan fingerprint density at radius 1 is 1.10 bits per heavy atom. The van der Waals surface area contributed by atoms with Gasteiger partial charge >= 0.3 is 6.18 Å². The molecule has 1 heterocycles. The van der Waals surface area contributed by atoms with Gasteiger partial charge in [0.25, 0.3) is 0 Å². The van der Waals surface area contributed by atoms with Gasteiger partial charge in [0.05, 0.1) is 20.8 Å². The summed E-state index contributed by atoms with van der Waals surface area (Å²) in [6.45, 7) is 1.36. The normalized spacial score (nSPS) is 11.7. The lowest BCUT2D eigenvalue weighted by Crippen LogP contribution is -2.30. The highest BCUT2D eigenvalue weighted by Crippen LogP contribution is 2.29. The first-order valence-electron chi connectivity index (χ1n) is 8.76. The molecular formula is C19H23F3N4O3. The summed E-state index contributed by atoms with van der Waals surface area (Å²) in [5.74, 6) is 1.55. The molecule has 0 bridgehead atoms. The van der Waals surface area contributed by atoms with Crippen molar-refractivity contribution in [2.45, 2.75) is 19.6 Å². The van der Waals surface area contributed by atoms with Crippen LogP contribution in [0.4, 0.5) is 18.9 Å².